The van der Waals surface area contributed by atoms with Gasteiger partial charge in [-0.15, -0.1) is 0 Å². The van der Waals surface area contributed by atoms with Crippen molar-refractivity contribution in [2.45, 2.75) is 31.3 Å². The third kappa shape index (κ3) is 3.19. The Labute approximate surface area is 165 Å². The van der Waals surface area contributed by atoms with Crippen molar-refractivity contribution >= 4 is 16.8 Å². The summed E-state index contributed by atoms with van der Waals surface area (Å²) in [5.41, 5.74) is 1.34. The van der Waals surface area contributed by atoms with E-state index in [0.717, 1.165) is 17.0 Å². The molecule has 0 spiro atoms. The number of hydrogen-bond acceptors (Lipinski definition) is 2. The SMILES string of the molecule is O=C([C@H]1C[C@@H](n2ccc3cc(F)ccc32)C1)N1OCC[C@H]1c1cc(F)cc(F)c1. The van der Waals surface area contributed by atoms with Gasteiger partial charge in [-0.25, -0.2) is 18.2 Å². The minimum absolute atomic E-state index is 0.152. The fraction of sp³-hybridized carbons (Fsp3) is 0.318. The summed E-state index contributed by atoms with van der Waals surface area (Å²) in [6, 6.07) is 9.52. The summed E-state index contributed by atoms with van der Waals surface area (Å²) in [5, 5.41) is 2.12. The van der Waals surface area contributed by atoms with Crippen LogP contribution in [-0.2, 0) is 9.63 Å². The number of halogens is 3. The first-order valence-corrected chi connectivity index (χ1v) is 9.67. The maximum atomic E-state index is 13.6. The van der Waals surface area contributed by atoms with Crippen molar-refractivity contribution in [3.63, 3.8) is 0 Å². The number of rotatable bonds is 3. The number of fused-ring (bicyclic) bond motifs is 1. The van der Waals surface area contributed by atoms with Gasteiger partial charge in [-0.1, -0.05) is 0 Å². The van der Waals surface area contributed by atoms with E-state index in [1.807, 2.05) is 12.3 Å². The monoisotopic (exact) mass is 400 g/mol. The highest BCUT2D eigenvalue weighted by Gasteiger charge is 2.42. The Hall–Kier alpha value is -2.80. The first-order valence-electron chi connectivity index (χ1n) is 9.67. The molecule has 1 saturated heterocycles. The van der Waals surface area contributed by atoms with Gasteiger partial charge in [-0.2, -0.15) is 0 Å². The van der Waals surface area contributed by atoms with Gasteiger partial charge in [0, 0.05) is 41.5 Å². The molecule has 0 bridgehead atoms. The molecule has 0 N–H and O–H groups in total. The number of nitrogens with zero attached hydrogens (tertiary/aromatic N) is 2. The van der Waals surface area contributed by atoms with E-state index in [1.54, 1.807) is 6.07 Å². The lowest BCUT2D eigenvalue weighted by molar-refractivity contribution is -0.185. The zero-order chi connectivity index (χ0) is 20.1. The molecular weight excluding hydrogens is 381 g/mol. The van der Waals surface area contributed by atoms with E-state index in [9.17, 15) is 18.0 Å². The van der Waals surface area contributed by atoms with E-state index in [4.69, 9.17) is 4.84 Å². The lowest BCUT2D eigenvalue weighted by Crippen LogP contribution is -2.41. The average molecular weight is 400 g/mol. The number of benzene rings is 2. The summed E-state index contributed by atoms with van der Waals surface area (Å²) < 4.78 is 42.7. The summed E-state index contributed by atoms with van der Waals surface area (Å²) in [6.45, 7) is 0.332. The highest BCUT2D eigenvalue weighted by Crippen LogP contribution is 2.43. The Kier molecular flexibility index (Phi) is 4.35. The Morgan fingerprint density at radius 3 is 2.48 bits per heavy atom. The highest BCUT2D eigenvalue weighted by atomic mass is 19.1. The van der Waals surface area contributed by atoms with Crippen LogP contribution in [0.4, 0.5) is 13.2 Å². The van der Waals surface area contributed by atoms with E-state index in [0.29, 0.717) is 31.4 Å². The van der Waals surface area contributed by atoms with Crippen molar-refractivity contribution in [2.24, 2.45) is 5.92 Å². The Morgan fingerprint density at radius 2 is 1.72 bits per heavy atom. The number of hydroxylamine groups is 2. The summed E-state index contributed by atoms with van der Waals surface area (Å²) in [4.78, 5) is 18.5. The molecule has 0 unspecified atom stereocenters. The van der Waals surface area contributed by atoms with Gasteiger partial charge in [0.05, 0.1) is 12.6 Å². The van der Waals surface area contributed by atoms with E-state index in [-0.39, 0.29) is 23.7 Å². The van der Waals surface area contributed by atoms with Crippen LogP contribution in [0.25, 0.3) is 10.9 Å². The fourth-order valence-corrected chi connectivity index (χ4v) is 4.41. The van der Waals surface area contributed by atoms with E-state index >= 15 is 0 Å². The molecule has 1 aliphatic heterocycles. The highest BCUT2D eigenvalue weighted by molar-refractivity contribution is 5.82. The molecule has 1 aliphatic carbocycles. The van der Waals surface area contributed by atoms with Gasteiger partial charge in [-0.05, 0) is 54.8 Å². The van der Waals surface area contributed by atoms with Gasteiger partial charge in [0.15, 0.2) is 0 Å². The topological polar surface area (TPSA) is 34.5 Å². The number of carbonyl (C=O) groups is 1. The Bertz CT molecular complexity index is 1070. The second-order valence-corrected chi connectivity index (χ2v) is 7.75. The van der Waals surface area contributed by atoms with Gasteiger partial charge in [0.2, 0.25) is 5.91 Å². The predicted octanol–water partition coefficient (Wildman–Crippen LogP) is 4.91. The maximum absolute atomic E-state index is 13.6. The van der Waals surface area contributed by atoms with Crippen LogP contribution in [-0.4, -0.2) is 22.1 Å². The molecule has 2 heterocycles. The van der Waals surface area contributed by atoms with Crippen LogP contribution >= 0.6 is 0 Å². The minimum Gasteiger partial charge on any atom is -0.344 e. The van der Waals surface area contributed by atoms with Gasteiger partial charge >= 0.3 is 0 Å². The van der Waals surface area contributed by atoms with Crippen LogP contribution in [0.3, 0.4) is 0 Å². The van der Waals surface area contributed by atoms with E-state index in [2.05, 4.69) is 4.57 Å². The lowest BCUT2D eigenvalue weighted by atomic mass is 9.79. The summed E-state index contributed by atoms with van der Waals surface area (Å²) in [6.07, 6.45) is 3.70. The molecule has 1 amide bonds. The van der Waals surface area contributed by atoms with Crippen molar-refractivity contribution < 1.29 is 22.8 Å². The Morgan fingerprint density at radius 1 is 0.966 bits per heavy atom. The lowest BCUT2D eigenvalue weighted by Gasteiger charge is -2.38. The molecule has 3 aromatic rings. The van der Waals surface area contributed by atoms with E-state index in [1.165, 1.54) is 29.3 Å². The van der Waals surface area contributed by atoms with Crippen LogP contribution < -0.4 is 0 Å². The van der Waals surface area contributed by atoms with Crippen LogP contribution in [0.15, 0.2) is 48.7 Å². The number of hydrogen-bond donors (Lipinski definition) is 0. The molecule has 7 heteroatoms. The first-order chi connectivity index (χ1) is 14.0. The molecule has 1 saturated carbocycles. The van der Waals surface area contributed by atoms with Crippen molar-refractivity contribution in [3.8, 4) is 0 Å². The van der Waals surface area contributed by atoms with Crippen LogP contribution in [0, 0.1) is 23.4 Å². The number of carbonyl (C=O) groups excluding carboxylic acids is 1. The summed E-state index contributed by atoms with van der Waals surface area (Å²) in [5.74, 6) is -1.98. The number of amides is 1. The van der Waals surface area contributed by atoms with Crippen molar-refractivity contribution in [1.29, 1.82) is 0 Å². The molecular formula is C22H19F3N2O2. The molecule has 5 rings (SSSR count). The fourth-order valence-electron chi connectivity index (χ4n) is 4.41. The van der Waals surface area contributed by atoms with Gasteiger partial charge in [-0.3, -0.25) is 9.63 Å². The molecule has 1 atom stereocenters. The van der Waals surface area contributed by atoms with Gasteiger partial charge < -0.3 is 4.57 Å². The largest absolute Gasteiger partial charge is 0.344 e. The molecule has 2 fully saturated rings. The summed E-state index contributed by atoms with van der Waals surface area (Å²) in [7, 11) is 0. The van der Waals surface area contributed by atoms with Gasteiger partial charge in [0.1, 0.15) is 17.5 Å². The molecule has 0 radical (unpaired) electrons. The van der Waals surface area contributed by atoms with Crippen molar-refractivity contribution in [2.75, 3.05) is 6.61 Å². The average Bonchev–Trinajstić information content (AvgIpc) is 3.26. The second-order valence-electron chi connectivity index (χ2n) is 7.75. The predicted molar refractivity (Wildman–Crippen MR) is 100 cm³/mol. The zero-order valence-corrected chi connectivity index (χ0v) is 15.5. The molecule has 2 aliphatic rings. The Balaban J connectivity index is 1.30. The van der Waals surface area contributed by atoms with Crippen LogP contribution in [0.1, 0.15) is 36.9 Å². The standard InChI is InChI=1S/C22H19F3N2O2/c23-16-1-2-20-13(7-16)3-5-26(20)19-10-15(11-19)22(28)27-21(4-6-29-27)14-8-17(24)12-18(25)9-14/h1-3,5,7-9,12,15,19,21H,4,6,10-11H2/t15-,19+,21-/m0/s1. The third-order valence-electron chi connectivity index (χ3n) is 5.93. The van der Waals surface area contributed by atoms with Gasteiger partial charge in [0.25, 0.3) is 0 Å². The van der Waals surface area contributed by atoms with Crippen molar-refractivity contribution in [1.82, 2.24) is 9.63 Å². The van der Waals surface area contributed by atoms with E-state index < -0.39 is 17.7 Å². The third-order valence-corrected chi connectivity index (χ3v) is 5.93. The normalized spacial score (nSPS) is 24.1. The number of aromatic nitrogens is 1. The molecule has 150 valence electrons. The molecule has 29 heavy (non-hydrogen) atoms. The van der Waals surface area contributed by atoms with Crippen LogP contribution in [0.2, 0.25) is 0 Å². The molecule has 4 nitrogen and oxygen atoms in total. The first kappa shape index (κ1) is 18.2. The molecule has 1 aromatic heterocycles. The quantitative estimate of drug-likeness (QED) is 0.626. The van der Waals surface area contributed by atoms with Crippen LogP contribution in [0.5, 0.6) is 0 Å². The zero-order valence-electron chi connectivity index (χ0n) is 15.5. The maximum Gasteiger partial charge on any atom is 0.249 e. The summed E-state index contributed by atoms with van der Waals surface area (Å²) >= 11 is 0. The molecule has 2 aromatic carbocycles. The smallest absolute Gasteiger partial charge is 0.249 e. The second kappa shape index (κ2) is 6.91. The minimum atomic E-state index is -0.668. The van der Waals surface area contributed by atoms with Crippen molar-refractivity contribution in [3.05, 3.63) is 71.7 Å².